The molecule has 7 heteroatoms. The first-order valence-corrected chi connectivity index (χ1v) is 8.69. The number of hydrogen-bond donors (Lipinski definition) is 0. The van der Waals surface area contributed by atoms with E-state index < -0.39 is 0 Å². The van der Waals surface area contributed by atoms with Crippen LogP contribution in [-0.4, -0.2) is 61.4 Å². The van der Waals surface area contributed by atoms with Crippen molar-refractivity contribution in [1.82, 2.24) is 29.4 Å². The molecule has 2 aromatic heterocycles. The largest absolute Gasteiger partial charge is 0.347 e. The summed E-state index contributed by atoms with van der Waals surface area (Å²) >= 11 is 0. The van der Waals surface area contributed by atoms with Gasteiger partial charge in [-0.05, 0) is 25.5 Å². The van der Waals surface area contributed by atoms with Crippen molar-refractivity contribution in [1.29, 1.82) is 0 Å². The number of allylic oxidation sites excluding steroid dienone is 1. The zero-order valence-corrected chi connectivity index (χ0v) is 15.1. The Balaban J connectivity index is 1.49. The van der Waals surface area contributed by atoms with Crippen molar-refractivity contribution < 1.29 is 4.79 Å². The van der Waals surface area contributed by atoms with Crippen molar-refractivity contribution in [2.75, 3.05) is 26.2 Å². The van der Waals surface area contributed by atoms with Gasteiger partial charge in [-0.25, -0.2) is 0 Å². The molecule has 1 amide bonds. The Kier molecular flexibility index (Phi) is 5.33. The highest BCUT2D eigenvalue weighted by Crippen LogP contribution is 2.11. The number of carbonyl (C=O) groups is 1. The van der Waals surface area contributed by atoms with Crippen LogP contribution in [0.1, 0.15) is 29.5 Å². The number of aromatic nitrogens is 4. The van der Waals surface area contributed by atoms with Gasteiger partial charge in [0, 0.05) is 58.7 Å². The van der Waals surface area contributed by atoms with Crippen molar-refractivity contribution in [2.24, 2.45) is 7.05 Å². The molecule has 0 aliphatic carbocycles. The highest BCUT2D eigenvalue weighted by Gasteiger charge is 2.23. The summed E-state index contributed by atoms with van der Waals surface area (Å²) in [6.45, 7) is 10.7. The summed E-state index contributed by atoms with van der Waals surface area (Å²) in [4.78, 5) is 16.8. The molecule has 3 heterocycles. The summed E-state index contributed by atoms with van der Waals surface area (Å²) in [5, 5.41) is 8.42. The molecule has 134 valence electrons. The average molecular weight is 342 g/mol. The Morgan fingerprint density at radius 2 is 2.04 bits per heavy atom. The maximum Gasteiger partial charge on any atom is 0.270 e. The topological polar surface area (TPSA) is 59.2 Å². The number of nitrogens with zero attached hydrogens (tertiary/aromatic N) is 6. The molecule has 1 aliphatic heterocycles. The predicted molar refractivity (Wildman–Crippen MR) is 96.0 cm³/mol. The standard InChI is InChI=1S/C18H26N6O/c1-15(2)6-8-24-14-16(19-20-24)13-22-9-11-23(12-10-22)18(25)17-5-4-7-21(17)3/h4-5,7,14H,1,6,8-13H2,2-3H3. The number of aryl methyl sites for hydroxylation is 2. The molecule has 1 saturated heterocycles. The summed E-state index contributed by atoms with van der Waals surface area (Å²) in [5.74, 6) is 0.109. The number of rotatable bonds is 6. The van der Waals surface area contributed by atoms with Crippen LogP contribution in [0.3, 0.4) is 0 Å². The lowest BCUT2D eigenvalue weighted by atomic mass is 10.2. The summed E-state index contributed by atoms with van der Waals surface area (Å²) in [7, 11) is 1.90. The van der Waals surface area contributed by atoms with Gasteiger partial charge in [-0.2, -0.15) is 0 Å². The van der Waals surface area contributed by atoms with Crippen molar-refractivity contribution in [3.05, 3.63) is 48.1 Å². The Morgan fingerprint density at radius 3 is 2.68 bits per heavy atom. The van der Waals surface area contributed by atoms with Gasteiger partial charge in [-0.15, -0.1) is 11.7 Å². The quantitative estimate of drug-likeness (QED) is 0.747. The summed E-state index contributed by atoms with van der Waals surface area (Å²) in [6, 6.07) is 3.78. The van der Waals surface area contributed by atoms with Gasteiger partial charge in [0.1, 0.15) is 5.69 Å². The Bertz CT molecular complexity index is 738. The predicted octanol–water partition coefficient (Wildman–Crippen LogP) is 1.54. The van der Waals surface area contributed by atoms with Crippen LogP contribution in [0.5, 0.6) is 0 Å². The van der Waals surface area contributed by atoms with E-state index in [1.54, 1.807) is 0 Å². The molecule has 7 nitrogen and oxygen atoms in total. The Labute approximate surface area is 148 Å². The van der Waals surface area contributed by atoms with Gasteiger partial charge in [0.15, 0.2) is 0 Å². The van der Waals surface area contributed by atoms with Gasteiger partial charge in [0.25, 0.3) is 5.91 Å². The summed E-state index contributed by atoms with van der Waals surface area (Å²) in [6.07, 6.45) is 4.83. The van der Waals surface area contributed by atoms with Crippen molar-refractivity contribution in [3.8, 4) is 0 Å². The third-order valence-corrected chi connectivity index (χ3v) is 4.56. The molecule has 0 N–H and O–H groups in total. The second kappa shape index (κ2) is 7.65. The first-order chi connectivity index (χ1) is 12.0. The minimum Gasteiger partial charge on any atom is -0.347 e. The number of amides is 1. The van der Waals surface area contributed by atoms with Crippen molar-refractivity contribution in [2.45, 2.75) is 26.4 Å². The van der Waals surface area contributed by atoms with Gasteiger partial charge in [0.05, 0.1) is 5.69 Å². The molecule has 0 unspecified atom stereocenters. The minimum absolute atomic E-state index is 0.109. The first kappa shape index (κ1) is 17.4. The van der Waals surface area contributed by atoms with E-state index in [0.29, 0.717) is 0 Å². The fourth-order valence-corrected chi connectivity index (χ4v) is 3.01. The zero-order chi connectivity index (χ0) is 17.8. The van der Waals surface area contributed by atoms with E-state index in [4.69, 9.17) is 0 Å². The molecule has 0 aromatic carbocycles. The molecule has 2 aromatic rings. The zero-order valence-electron chi connectivity index (χ0n) is 15.1. The van der Waals surface area contributed by atoms with E-state index in [1.807, 2.05) is 52.6 Å². The Morgan fingerprint density at radius 1 is 1.28 bits per heavy atom. The van der Waals surface area contributed by atoms with Crippen LogP contribution in [0, 0.1) is 0 Å². The van der Waals surface area contributed by atoms with Crippen LogP contribution in [0.4, 0.5) is 0 Å². The Hall–Kier alpha value is -2.41. The van der Waals surface area contributed by atoms with E-state index in [9.17, 15) is 4.79 Å². The lowest BCUT2D eigenvalue weighted by Gasteiger charge is -2.34. The van der Waals surface area contributed by atoms with Crippen LogP contribution in [-0.2, 0) is 20.1 Å². The molecule has 0 saturated carbocycles. The van der Waals surface area contributed by atoms with Crippen LogP contribution >= 0.6 is 0 Å². The van der Waals surface area contributed by atoms with Gasteiger partial charge >= 0.3 is 0 Å². The van der Waals surface area contributed by atoms with Crippen LogP contribution in [0.2, 0.25) is 0 Å². The number of piperazine rings is 1. The fourth-order valence-electron chi connectivity index (χ4n) is 3.01. The fraction of sp³-hybridized carbons (Fsp3) is 0.500. The summed E-state index contributed by atoms with van der Waals surface area (Å²) < 4.78 is 3.75. The first-order valence-electron chi connectivity index (χ1n) is 8.69. The lowest BCUT2D eigenvalue weighted by Crippen LogP contribution is -2.48. The normalized spacial score (nSPS) is 15.5. The highest BCUT2D eigenvalue weighted by atomic mass is 16.2. The van der Waals surface area contributed by atoms with E-state index in [2.05, 4.69) is 21.8 Å². The second-order valence-electron chi connectivity index (χ2n) is 6.75. The molecule has 0 radical (unpaired) electrons. The molecule has 1 fully saturated rings. The highest BCUT2D eigenvalue weighted by molar-refractivity contribution is 5.92. The van der Waals surface area contributed by atoms with Gasteiger partial charge in [0.2, 0.25) is 0 Å². The lowest BCUT2D eigenvalue weighted by molar-refractivity contribution is 0.0617. The van der Waals surface area contributed by atoms with Gasteiger partial charge in [-0.1, -0.05) is 10.8 Å². The van der Waals surface area contributed by atoms with E-state index in [-0.39, 0.29) is 5.91 Å². The minimum atomic E-state index is 0.109. The average Bonchev–Trinajstić information content (AvgIpc) is 3.22. The monoisotopic (exact) mass is 342 g/mol. The van der Waals surface area contributed by atoms with E-state index in [1.165, 1.54) is 0 Å². The molecule has 3 rings (SSSR count). The molecule has 0 bridgehead atoms. The molecule has 1 aliphatic rings. The SMILES string of the molecule is C=C(C)CCn1cc(CN2CCN(C(=O)c3cccn3C)CC2)nn1. The molecule has 25 heavy (non-hydrogen) atoms. The smallest absolute Gasteiger partial charge is 0.270 e. The number of hydrogen-bond acceptors (Lipinski definition) is 4. The van der Waals surface area contributed by atoms with Gasteiger partial charge < -0.3 is 9.47 Å². The second-order valence-corrected chi connectivity index (χ2v) is 6.75. The summed E-state index contributed by atoms with van der Waals surface area (Å²) in [5.41, 5.74) is 2.87. The molecule has 0 atom stereocenters. The van der Waals surface area contributed by atoms with Crippen LogP contribution in [0.25, 0.3) is 0 Å². The maximum absolute atomic E-state index is 12.5. The van der Waals surface area contributed by atoms with Crippen LogP contribution in [0.15, 0.2) is 36.7 Å². The van der Waals surface area contributed by atoms with E-state index in [0.717, 1.165) is 62.7 Å². The third-order valence-electron chi connectivity index (χ3n) is 4.56. The van der Waals surface area contributed by atoms with Gasteiger partial charge in [-0.3, -0.25) is 14.4 Å². The van der Waals surface area contributed by atoms with Crippen LogP contribution < -0.4 is 0 Å². The number of carbonyl (C=O) groups excluding carboxylic acids is 1. The van der Waals surface area contributed by atoms with Crippen molar-refractivity contribution >= 4 is 5.91 Å². The molecular weight excluding hydrogens is 316 g/mol. The van der Waals surface area contributed by atoms with E-state index >= 15 is 0 Å². The third kappa shape index (κ3) is 4.36. The van der Waals surface area contributed by atoms with Crippen molar-refractivity contribution in [3.63, 3.8) is 0 Å². The molecular formula is C18H26N6O. The molecule has 0 spiro atoms. The maximum atomic E-state index is 12.5.